The zero-order chi connectivity index (χ0) is 20.3. The summed E-state index contributed by atoms with van der Waals surface area (Å²) in [5.74, 6) is -0.725. The highest BCUT2D eigenvalue weighted by Crippen LogP contribution is 2.33. The first-order chi connectivity index (χ1) is 13.2. The summed E-state index contributed by atoms with van der Waals surface area (Å²) in [7, 11) is 0. The van der Waals surface area contributed by atoms with Crippen LogP contribution in [0.5, 0.6) is 0 Å². The lowest BCUT2D eigenvalue weighted by atomic mass is 10.0. The number of aromatic nitrogens is 4. The van der Waals surface area contributed by atoms with Crippen LogP contribution >= 0.6 is 0 Å². The number of alkyl halides is 3. The predicted molar refractivity (Wildman–Crippen MR) is 96.3 cm³/mol. The summed E-state index contributed by atoms with van der Waals surface area (Å²) in [4.78, 5) is 27.8. The fraction of sp³-hybridized carbons (Fsp3) is 0.105. The van der Waals surface area contributed by atoms with E-state index in [1.807, 2.05) is 0 Å². The number of rotatable bonds is 4. The van der Waals surface area contributed by atoms with Crippen LogP contribution in [0.4, 0.5) is 13.2 Å². The molecule has 0 aliphatic carbocycles. The van der Waals surface area contributed by atoms with Crippen LogP contribution < -0.4 is 5.73 Å². The lowest BCUT2D eigenvalue weighted by Gasteiger charge is -2.10. The molecule has 6 nitrogen and oxygen atoms in total. The molecule has 1 amide bonds. The van der Waals surface area contributed by atoms with Gasteiger partial charge in [0.1, 0.15) is 6.33 Å². The maximum atomic E-state index is 13.1. The SMILES string of the molecule is Cc1cc(-c2cncc(/C=C(\C(N)=O)c3cncnc3)n2)cc(C(F)(F)F)c1. The highest BCUT2D eigenvalue weighted by Gasteiger charge is 2.31. The highest BCUT2D eigenvalue weighted by atomic mass is 19.4. The van der Waals surface area contributed by atoms with Crippen molar-refractivity contribution in [3.05, 3.63) is 71.7 Å². The number of hydrogen-bond acceptors (Lipinski definition) is 5. The molecule has 0 saturated heterocycles. The van der Waals surface area contributed by atoms with Gasteiger partial charge < -0.3 is 5.73 Å². The van der Waals surface area contributed by atoms with E-state index in [4.69, 9.17) is 5.73 Å². The lowest BCUT2D eigenvalue weighted by Crippen LogP contribution is -2.13. The van der Waals surface area contributed by atoms with Crippen molar-refractivity contribution < 1.29 is 18.0 Å². The minimum Gasteiger partial charge on any atom is -0.366 e. The van der Waals surface area contributed by atoms with Crippen molar-refractivity contribution >= 4 is 17.6 Å². The Morgan fingerprint density at radius 1 is 1.04 bits per heavy atom. The van der Waals surface area contributed by atoms with E-state index in [-0.39, 0.29) is 22.5 Å². The van der Waals surface area contributed by atoms with Crippen molar-refractivity contribution in [2.75, 3.05) is 0 Å². The van der Waals surface area contributed by atoms with Crippen LogP contribution in [-0.2, 0) is 11.0 Å². The molecule has 3 aromatic rings. The van der Waals surface area contributed by atoms with E-state index < -0.39 is 17.6 Å². The second kappa shape index (κ2) is 7.55. The molecule has 2 heterocycles. The van der Waals surface area contributed by atoms with Gasteiger partial charge in [-0.1, -0.05) is 0 Å². The Bertz CT molecular complexity index is 1050. The molecular formula is C19H14F3N5O. The van der Waals surface area contributed by atoms with E-state index in [0.29, 0.717) is 11.1 Å². The maximum Gasteiger partial charge on any atom is 0.416 e. The monoisotopic (exact) mass is 385 g/mol. The van der Waals surface area contributed by atoms with Crippen LogP contribution in [-0.4, -0.2) is 25.8 Å². The fourth-order valence-electron chi connectivity index (χ4n) is 2.57. The number of benzene rings is 1. The number of primary amides is 1. The molecule has 9 heteroatoms. The third kappa shape index (κ3) is 4.37. The average molecular weight is 385 g/mol. The Balaban J connectivity index is 2.06. The summed E-state index contributed by atoms with van der Waals surface area (Å²) in [5, 5.41) is 0. The molecule has 28 heavy (non-hydrogen) atoms. The van der Waals surface area contributed by atoms with Crippen LogP contribution in [0.2, 0.25) is 0 Å². The van der Waals surface area contributed by atoms with Gasteiger partial charge in [0.05, 0.1) is 34.9 Å². The summed E-state index contributed by atoms with van der Waals surface area (Å²) in [6.07, 6.45) is 3.77. The number of amides is 1. The lowest BCUT2D eigenvalue weighted by molar-refractivity contribution is -0.137. The molecule has 0 saturated carbocycles. The normalized spacial score (nSPS) is 12.1. The largest absolute Gasteiger partial charge is 0.416 e. The number of halogens is 3. The van der Waals surface area contributed by atoms with Crippen LogP contribution in [0.3, 0.4) is 0 Å². The first-order valence-corrected chi connectivity index (χ1v) is 8.02. The van der Waals surface area contributed by atoms with Crippen molar-refractivity contribution in [3.63, 3.8) is 0 Å². The molecule has 0 bridgehead atoms. The van der Waals surface area contributed by atoms with Gasteiger partial charge in [-0.2, -0.15) is 13.2 Å². The van der Waals surface area contributed by atoms with Crippen LogP contribution in [0.1, 0.15) is 22.4 Å². The quantitative estimate of drug-likeness (QED) is 0.696. The molecule has 2 N–H and O–H groups in total. The van der Waals surface area contributed by atoms with Gasteiger partial charge in [0.15, 0.2) is 0 Å². The summed E-state index contributed by atoms with van der Waals surface area (Å²) in [6.45, 7) is 1.57. The topological polar surface area (TPSA) is 94.7 Å². The van der Waals surface area contributed by atoms with Crippen LogP contribution in [0.25, 0.3) is 22.9 Å². The molecule has 0 atom stereocenters. The molecule has 0 radical (unpaired) electrons. The number of aryl methyl sites for hydroxylation is 1. The van der Waals surface area contributed by atoms with Crippen molar-refractivity contribution in [2.24, 2.45) is 5.73 Å². The molecule has 142 valence electrons. The number of carbonyl (C=O) groups is 1. The smallest absolute Gasteiger partial charge is 0.366 e. The van der Waals surface area contributed by atoms with Gasteiger partial charge in [-0.25, -0.2) is 15.0 Å². The van der Waals surface area contributed by atoms with E-state index in [1.165, 1.54) is 37.2 Å². The Morgan fingerprint density at radius 2 is 1.75 bits per heavy atom. The molecule has 0 spiro atoms. The van der Waals surface area contributed by atoms with E-state index in [2.05, 4.69) is 19.9 Å². The number of nitrogens with two attached hydrogens (primary N) is 1. The summed E-state index contributed by atoms with van der Waals surface area (Å²) in [5.41, 5.74) is 6.32. The van der Waals surface area contributed by atoms with E-state index in [0.717, 1.165) is 12.1 Å². The second-order valence-corrected chi connectivity index (χ2v) is 5.96. The Morgan fingerprint density at radius 3 is 2.39 bits per heavy atom. The minimum absolute atomic E-state index is 0.104. The summed E-state index contributed by atoms with van der Waals surface area (Å²) < 4.78 is 39.2. The molecule has 0 fully saturated rings. The van der Waals surface area contributed by atoms with E-state index >= 15 is 0 Å². The zero-order valence-electron chi connectivity index (χ0n) is 14.6. The Kier molecular flexibility index (Phi) is 5.16. The van der Waals surface area contributed by atoms with Crippen LogP contribution in [0.15, 0.2) is 49.3 Å². The first kappa shape index (κ1) is 19.2. The Labute approximate surface area is 158 Å². The number of hydrogen-bond donors (Lipinski definition) is 1. The Hall–Kier alpha value is -3.62. The molecule has 0 unspecified atom stereocenters. The third-order valence-corrected chi connectivity index (χ3v) is 3.78. The average Bonchev–Trinajstić information content (AvgIpc) is 2.65. The zero-order valence-corrected chi connectivity index (χ0v) is 14.6. The van der Waals surface area contributed by atoms with E-state index in [9.17, 15) is 18.0 Å². The van der Waals surface area contributed by atoms with E-state index in [1.54, 1.807) is 13.0 Å². The van der Waals surface area contributed by atoms with Crippen LogP contribution in [0, 0.1) is 6.92 Å². The van der Waals surface area contributed by atoms with Gasteiger partial charge in [0.2, 0.25) is 5.91 Å². The summed E-state index contributed by atoms with van der Waals surface area (Å²) >= 11 is 0. The van der Waals surface area contributed by atoms with Gasteiger partial charge in [-0.3, -0.25) is 9.78 Å². The fourth-order valence-corrected chi connectivity index (χ4v) is 2.57. The molecule has 0 aliphatic rings. The van der Waals surface area contributed by atoms with Gasteiger partial charge in [0.25, 0.3) is 0 Å². The third-order valence-electron chi connectivity index (χ3n) is 3.78. The maximum absolute atomic E-state index is 13.1. The summed E-state index contributed by atoms with van der Waals surface area (Å²) in [6, 6.07) is 3.64. The van der Waals surface area contributed by atoms with Gasteiger partial charge in [0, 0.05) is 23.5 Å². The first-order valence-electron chi connectivity index (χ1n) is 8.02. The minimum atomic E-state index is -4.47. The van der Waals surface area contributed by atoms with Gasteiger partial charge in [-0.15, -0.1) is 0 Å². The molecule has 2 aromatic heterocycles. The number of carbonyl (C=O) groups excluding carboxylic acids is 1. The van der Waals surface area contributed by atoms with Gasteiger partial charge >= 0.3 is 6.18 Å². The molecular weight excluding hydrogens is 371 g/mol. The standard InChI is InChI=1S/C19H14F3N5O/c1-11-2-12(4-14(3-11)19(20,21)22)17-9-24-8-15(27-17)5-16(18(23)28)13-6-25-10-26-7-13/h2-10H,1H3,(H2,23,28)/b16-5-. The second-order valence-electron chi connectivity index (χ2n) is 5.96. The molecule has 3 rings (SSSR count). The van der Waals surface area contributed by atoms with Crippen molar-refractivity contribution in [2.45, 2.75) is 13.1 Å². The van der Waals surface area contributed by atoms with Crippen molar-refractivity contribution in [1.82, 2.24) is 19.9 Å². The van der Waals surface area contributed by atoms with Crippen molar-refractivity contribution in [1.29, 1.82) is 0 Å². The highest BCUT2D eigenvalue weighted by molar-refractivity contribution is 6.23. The van der Waals surface area contributed by atoms with Crippen molar-refractivity contribution in [3.8, 4) is 11.3 Å². The molecule has 0 aliphatic heterocycles. The predicted octanol–water partition coefficient (Wildman–Crippen LogP) is 3.29. The van der Waals surface area contributed by atoms with Gasteiger partial charge in [-0.05, 0) is 36.8 Å². The number of nitrogens with zero attached hydrogens (tertiary/aromatic N) is 4. The molecule has 1 aromatic carbocycles.